The second kappa shape index (κ2) is 6.89. The van der Waals surface area contributed by atoms with Crippen LogP contribution in [0.4, 0.5) is 5.69 Å². The van der Waals surface area contributed by atoms with Crippen LogP contribution < -0.4 is 5.32 Å². The third-order valence-electron chi connectivity index (χ3n) is 3.69. The molecule has 1 amide bonds. The van der Waals surface area contributed by atoms with E-state index in [-0.39, 0.29) is 5.91 Å². The number of thiophene rings is 1. The molecular weight excluding hydrogens is 395 g/mol. The van der Waals surface area contributed by atoms with Gasteiger partial charge in [-0.1, -0.05) is 12.1 Å². The summed E-state index contributed by atoms with van der Waals surface area (Å²) in [6.07, 6.45) is 2.32. The number of hydrogen-bond acceptors (Lipinski definition) is 3. The third kappa shape index (κ3) is 3.84. The number of carbonyl (C=O) groups is 1. The predicted octanol–water partition coefficient (Wildman–Crippen LogP) is 4.13. The first-order chi connectivity index (χ1) is 10.2. The van der Waals surface area contributed by atoms with Crippen molar-refractivity contribution in [3.63, 3.8) is 0 Å². The van der Waals surface area contributed by atoms with E-state index in [0.29, 0.717) is 12.6 Å². The number of hydrogen-bond donors (Lipinski definition) is 1. The van der Waals surface area contributed by atoms with Crippen molar-refractivity contribution in [3.05, 3.63) is 50.2 Å². The highest BCUT2D eigenvalue weighted by molar-refractivity contribution is 14.1. The SMILES string of the molecule is O=C(CN1CCC[C@H]1c1cccs1)Nc1cccc(I)c1. The Morgan fingerprint density at radius 1 is 1.38 bits per heavy atom. The maximum Gasteiger partial charge on any atom is 0.238 e. The fourth-order valence-electron chi connectivity index (χ4n) is 2.77. The fourth-order valence-corrected chi connectivity index (χ4v) is 4.21. The summed E-state index contributed by atoms with van der Waals surface area (Å²) in [5, 5.41) is 5.10. The molecule has 0 saturated carbocycles. The van der Waals surface area contributed by atoms with E-state index in [1.165, 1.54) is 11.3 Å². The molecule has 1 N–H and O–H groups in total. The summed E-state index contributed by atoms with van der Waals surface area (Å²) in [6.45, 7) is 1.47. The molecule has 21 heavy (non-hydrogen) atoms. The van der Waals surface area contributed by atoms with Crippen LogP contribution in [0.5, 0.6) is 0 Å². The Kier molecular flexibility index (Phi) is 4.92. The molecule has 3 rings (SSSR count). The van der Waals surface area contributed by atoms with Gasteiger partial charge in [-0.05, 0) is 71.6 Å². The molecule has 1 aliphatic rings. The first-order valence-corrected chi connectivity index (χ1v) is 9.01. The quantitative estimate of drug-likeness (QED) is 0.767. The lowest BCUT2D eigenvalue weighted by Gasteiger charge is -2.22. The van der Waals surface area contributed by atoms with Crippen molar-refractivity contribution in [1.29, 1.82) is 0 Å². The first-order valence-electron chi connectivity index (χ1n) is 7.05. The van der Waals surface area contributed by atoms with Crippen molar-refractivity contribution in [1.82, 2.24) is 4.90 Å². The minimum Gasteiger partial charge on any atom is -0.325 e. The van der Waals surface area contributed by atoms with Gasteiger partial charge in [0.2, 0.25) is 5.91 Å². The van der Waals surface area contributed by atoms with Crippen molar-refractivity contribution in [3.8, 4) is 0 Å². The summed E-state index contributed by atoms with van der Waals surface area (Å²) in [6, 6.07) is 12.6. The van der Waals surface area contributed by atoms with Gasteiger partial charge >= 0.3 is 0 Å². The lowest BCUT2D eigenvalue weighted by Crippen LogP contribution is -2.32. The molecule has 110 valence electrons. The van der Waals surface area contributed by atoms with E-state index in [1.54, 1.807) is 11.3 Å². The Balaban J connectivity index is 1.62. The number of rotatable bonds is 4. The molecule has 1 aromatic heterocycles. The minimum absolute atomic E-state index is 0.0699. The van der Waals surface area contributed by atoms with Gasteiger partial charge in [-0.15, -0.1) is 11.3 Å². The number of halogens is 1. The van der Waals surface area contributed by atoms with Crippen LogP contribution >= 0.6 is 33.9 Å². The number of likely N-dealkylation sites (tertiary alicyclic amines) is 1. The fraction of sp³-hybridized carbons (Fsp3) is 0.312. The molecule has 0 spiro atoms. The Morgan fingerprint density at radius 3 is 3.05 bits per heavy atom. The van der Waals surface area contributed by atoms with Gasteiger partial charge in [-0.3, -0.25) is 9.69 Å². The van der Waals surface area contributed by atoms with E-state index in [0.717, 1.165) is 22.2 Å². The highest BCUT2D eigenvalue weighted by Crippen LogP contribution is 2.34. The average molecular weight is 412 g/mol. The summed E-state index contributed by atoms with van der Waals surface area (Å²) >= 11 is 4.03. The molecule has 2 aromatic rings. The molecule has 0 radical (unpaired) electrons. The Morgan fingerprint density at radius 2 is 2.29 bits per heavy atom. The molecule has 1 atom stereocenters. The lowest BCUT2D eigenvalue weighted by atomic mass is 10.2. The van der Waals surface area contributed by atoms with Gasteiger partial charge < -0.3 is 5.32 Å². The molecule has 0 aliphatic carbocycles. The van der Waals surface area contributed by atoms with Gasteiger partial charge in [-0.25, -0.2) is 0 Å². The number of carbonyl (C=O) groups excluding carboxylic acids is 1. The molecule has 0 bridgehead atoms. The van der Waals surface area contributed by atoms with E-state index in [9.17, 15) is 4.79 Å². The number of amides is 1. The molecule has 1 saturated heterocycles. The normalized spacial score (nSPS) is 18.8. The van der Waals surface area contributed by atoms with Crippen molar-refractivity contribution in [2.75, 3.05) is 18.4 Å². The highest BCUT2D eigenvalue weighted by atomic mass is 127. The Labute approximate surface area is 142 Å². The molecular formula is C16H17IN2OS. The lowest BCUT2D eigenvalue weighted by molar-refractivity contribution is -0.117. The van der Waals surface area contributed by atoms with Gasteiger partial charge in [0, 0.05) is 20.2 Å². The smallest absolute Gasteiger partial charge is 0.238 e. The zero-order chi connectivity index (χ0) is 14.7. The van der Waals surface area contributed by atoms with Crippen molar-refractivity contribution < 1.29 is 4.79 Å². The Bertz CT molecular complexity index is 614. The van der Waals surface area contributed by atoms with Crippen LogP contribution in [0, 0.1) is 3.57 Å². The summed E-state index contributed by atoms with van der Waals surface area (Å²) in [4.78, 5) is 15.9. The maximum absolute atomic E-state index is 12.2. The van der Waals surface area contributed by atoms with Gasteiger partial charge in [0.05, 0.1) is 6.54 Å². The second-order valence-corrected chi connectivity index (χ2v) is 7.43. The number of benzene rings is 1. The third-order valence-corrected chi connectivity index (χ3v) is 5.33. The second-order valence-electron chi connectivity index (χ2n) is 5.20. The zero-order valence-corrected chi connectivity index (χ0v) is 14.6. The van der Waals surface area contributed by atoms with Crippen molar-refractivity contribution in [2.45, 2.75) is 18.9 Å². The van der Waals surface area contributed by atoms with Gasteiger partial charge in [0.25, 0.3) is 0 Å². The van der Waals surface area contributed by atoms with Crippen LogP contribution in [0.3, 0.4) is 0 Å². The largest absolute Gasteiger partial charge is 0.325 e. The minimum atomic E-state index is 0.0699. The molecule has 0 unspecified atom stereocenters. The highest BCUT2D eigenvalue weighted by Gasteiger charge is 2.28. The van der Waals surface area contributed by atoms with E-state index in [2.05, 4.69) is 50.3 Å². The molecule has 2 heterocycles. The van der Waals surface area contributed by atoms with Crippen LogP contribution in [-0.4, -0.2) is 23.9 Å². The first kappa shape index (κ1) is 15.0. The average Bonchev–Trinajstić information content (AvgIpc) is 3.08. The summed E-state index contributed by atoms with van der Waals surface area (Å²) in [5.41, 5.74) is 0.874. The number of nitrogens with one attached hydrogen (secondary N) is 1. The maximum atomic E-state index is 12.2. The van der Waals surface area contributed by atoms with Gasteiger partial charge in [-0.2, -0.15) is 0 Å². The molecule has 5 heteroatoms. The summed E-state index contributed by atoms with van der Waals surface area (Å²) in [7, 11) is 0. The number of anilines is 1. The Hall–Kier alpha value is -0.920. The van der Waals surface area contributed by atoms with E-state index in [4.69, 9.17) is 0 Å². The van der Waals surface area contributed by atoms with Crippen LogP contribution in [0.2, 0.25) is 0 Å². The summed E-state index contributed by atoms with van der Waals surface area (Å²) in [5.74, 6) is 0.0699. The van der Waals surface area contributed by atoms with Gasteiger partial charge in [0.15, 0.2) is 0 Å². The van der Waals surface area contributed by atoms with Gasteiger partial charge in [0.1, 0.15) is 0 Å². The topological polar surface area (TPSA) is 32.3 Å². The number of nitrogens with zero attached hydrogens (tertiary/aromatic N) is 1. The van der Waals surface area contributed by atoms with Crippen LogP contribution in [0.25, 0.3) is 0 Å². The molecule has 3 nitrogen and oxygen atoms in total. The van der Waals surface area contributed by atoms with Crippen LogP contribution in [0.1, 0.15) is 23.8 Å². The van der Waals surface area contributed by atoms with Crippen molar-refractivity contribution >= 4 is 45.5 Å². The van der Waals surface area contributed by atoms with E-state index >= 15 is 0 Å². The molecule has 1 aromatic carbocycles. The van der Waals surface area contributed by atoms with E-state index < -0.39 is 0 Å². The molecule has 1 fully saturated rings. The van der Waals surface area contributed by atoms with Crippen LogP contribution in [0.15, 0.2) is 41.8 Å². The standard InChI is InChI=1S/C16H17IN2OS/c17-12-4-1-5-13(10-12)18-16(20)11-19-8-2-6-14(19)15-7-3-9-21-15/h1,3-5,7,9-10,14H,2,6,8,11H2,(H,18,20)/t14-/m0/s1. The predicted molar refractivity (Wildman–Crippen MR) is 95.7 cm³/mol. The monoisotopic (exact) mass is 412 g/mol. The zero-order valence-electron chi connectivity index (χ0n) is 11.6. The van der Waals surface area contributed by atoms with E-state index in [1.807, 2.05) is 24.3 Å². The summed E-state index contributed by atoms with van der Waals surface area (Å²) < 4.78 is 1.13. The van der Waals surface area contributed by atoms with Crippen LogP contribution in [-0.2, 0) is 4.79 Å². The van der Waals surface area contributed by atoms with Crippen molar-refractivity contribution in [2.24, 2.45) is 0 Å². The molecule has 1 aliphatic heterocycles.